The molecule has 2 N–H and O–H groups in total. The number of carbonyl (C=O) groups excluding carboxylic acids is 2. The van der Waals surface area contributed by atoms with Crippen molar-refractivity contribution in [1.29, 1.82) is 0 Å². The Bertz CT molecular complexity index is 672. The van der Waals surface area contributed by atoms with Gasteiger partial charge in [0.1, 0.15) is 0 Å². The number of nitrogens with one attached hydrogen (secondary N) is 1. The Kier molecular flexibility index (Phi) is 6.05. The third kappa shape index (κ3) is 5.58. The molecule has 0 spiro atoms. The quantitative estimate of drug-likeness (QED) is 0.783. The van der Waals surface area contributed by atoms with Crippen LogP contribution in [0.2, 0.25) is 0 Å². The lowest BCUT2D eigenvalue weighted by molar-refractivity contribution is -0.141. The highest BCUT2D eigenvalue weighted by Crippen LogP contribution is 2.29. The summed E-state index contributed by atoms with van der Waals surface area (Å²) in [5, 5.41) is 12.0. The van der Waals surface area contributed by atoms with E-state index in [0.29, 0.717) is 17.7 Å². The highest BCUT2D eigenvalue weighted by Gasteiger charge is 2.34. The number of hydrogen-bond acceptors (Lipinski definition) is 3. The van der Waals surface area contributed by atoms with Crippen molar-refractivity contribution in [2.24, 2.45) is 11.3 Å². The lowest BCUT2D eigenvalue weighted by Crippen LogP contribution is -2.38. The summed E-state index contributed by atoms with van der Waals surface area (Å²) in [5.41, 5.74) is 0.974. The van der Waals surface area contributed by atoms with Crippen LogP contribution in [-0.2, 0) is 4.79 Å². The van der Waals surface area contributed by atoms with Gasteiger partial charge in [0.2, 0.25) is 0 Å². The molecule has 1 aliphatic rings. The van der Waals surface area contributed by atoms with Crippen LogP contribution in [0.5, 0.6) is 0 Å². The van der Waals surface area contributed by atoms with Gasteiger partial charge in [-0.2, -0.15) is 0 Å². The molecule has 1 aliphatic carbocycles. The predicted octanol–water partition coefficient (Wildman–Crippen LogP) is 2.79. The van der Waals surface area contributed by atoms with Crippen LogP contribution in [0.4, 0.5) is 0 Å². The number of amides is 2. The smallest absolute Gasteiger partial charge is 0.308 e. The van der Waals surface area contributed by atoms with E-state index in [1.54, 1.807) is 36.1 Å². The third-order valence-corrected chi connectivity index (χ3v) is 4.31. The second-order valence-electron chi connectivity index (χ2n) is 8.25. The van der Waals surface area contributed by atoms with E-state index < -0.39 is 11.9 Å². The molecule has 0 heterocycles. The number of carboxylic acid groups (broad SMARTS) is 1. The van der Waals surface area contributed by atoms with E-state index in [1.165, 1.54) is 0 Å². The van der Waals surface area contributed by atoms with Crippen molar-refractivity contribution in [1.82, 2.24) is 10.2 Å². The summed E-state index contributed by atoms with van der Waals surface area (Å²) >= 11 is 0. The van der Waals surface area contributed by atoms with Gasteiger partial charge in [0.15, 0.2) is 0 Å². The normalized spacial score (nSPS) is 15.2. The molecule has 1 unspecified atom stereocenters. The number of carbonyl (C=O) groups is 3. The molecule has 26 heavy (non-hydrogen) atoms. The summed E-state index contributed by atoms with van der Waals surface area (Å²) < 4.78 is 0. The topological polar surface area (TPSA) is 86.7 Å². The molecule has 0 radical (unpaired) electrons. The van der Waals surface area contributed by atoms with Crippen molar-refractivity contribution in [3.63, 3.8) is 0 Å². The first-order chi connectivity index (χ1) is 12.1. The molecule has 0 bridgehead atoms. The average molecular weight is 360 g/mol. The van der Waals surface area contributed by atoms with Gasteiger partial charge >= 0.3 is 5.97 Å². The van der Waals surface area contributed by atoms with Gasteiger partial charge in [-0.15, -0.1) is 0 Å². The molecule has 0 aromatic heterocycles. The van der Waals surface area contributed by atoms with Gasteiger partial charge in [0, 0.05) is 30.3 Å². The molecule has 2 rings (SSSR count). The second kappa shape index (κ2) is 7.89. The monoisotopic (exact) mass is 360 g/mol. The van der Waals surface area contributed by atoms with Crippen molar-refractivity contribution >= 4 is 17.8 Å². The fourth-order valence-corrected chi connectivity index (χ4v) is 2.53. The number of benzene rings is 1. The third-order valence-electron chi connectivity index (χ3n) is 4.31. The van der Waals surface area contributed by atoms with E-state index in [4.69, 9.17) is 5.11 Å². The maximum Gasteiger partial charge on any atom is 0.308 e. The highest BCUT2D eigenvalue weighted by atomic mass is 16.4. The molecule has 0 aliphatic heterocycles. The Morgan fingerprint density at radius 3 is 2.15 bits per heavy atom. The first kappa shape index (κ1) is 19.9. The summed E-state index contributed by atoms with van der Waals surface area (Å²) in [5.74, 6) is -1.86. The van der Waals surface area contributed by atoms with Crippen LogP contribution in [0.3, 0.4) is 0 Å². The van der Waals surface area contributed by atoms with Crippen LogP contribution in [0.25, 0.3) is 0 Å². The number of hydrogen-bond donors (Lipinski definition) is 2. The molecule has 6 nitrogen and oxygen atoms in total. The second-order valence-corrected chi connectivity index (χ2v) is 8.25. The molecule has 6 heteroatoms. The summed E-state index contributed by atoms with van der Waals surface area (Å²) in [6.07, 6.45) is 1.82. The number of nitrogens with zero attached hydrogens (tertiary/aromatic N) is 1. The van der Waals surface area contributed by atoms with E-state index in [-0.39, 0.29) is 29.8 Å². The zero-order valence-corrected chi connectivity index (χ0v) is 15.9. The van der Waals surface area contributed by atoms with Crippen molar-refractivity contribution < 1.29 is 19.5 Å². The van der Waals surface area contributed by atoms with Crippen LogP contribution in [0, 0.1) is 11.3 Å². The maximum atomic E-state index is 12.8. The minimum absolute atomic E-state index is 0.00281. The Morgan fingerprint density at radius 2 is 1.69 bits per heavy atom. The Labute approximate surface area is 154 Å². The molecule has 1 aromatic rings. The number of carboxylic acids is 1. The van der Waals surface area contributed by atoms with Crippen LogP contribution in [-0.4, -0.2) is 46.9 Å². The van der Waals surface area contributed by atoms with Crippen molar-refractivity contribution in [3.8, 4) is 0 Å². The van der Waals surface area contributed by atoms with Gasteiger partial charge in [-0.3, -0.25) is 14.4 Å². The van der Waals surface area contributed by atoms with Gasteiger partial charge in [-0.1, -0.05) is 27.7 Å². The van der Waals surface area contributed by atoms with Crippen LogP contribution < -0.4 is 5.32 Å². The molecule has 2 amide bonds. The van der Waals surface area contributed by atoms with E-state index in [2.05, 4.69) is 5.32 Å². The van der Waals surface area contributed by atoms with E-state index in [0.717, 1.165) is 12.8 Å². The fraction of sp³-hybridized carbons (Fsp3) is 0.550. The Balaban J connectivity index is 2.04. The van der Waals surface area contributed by atoms with E-state index >= 15 is 0 Å². The Hall–Kier alpha value is -2.37. The van der Waals surface area contributed by atoms with E-state index in [9.17, 15) is 14.4 Å². The minimum atomic E-state index is -0.908. The summed E-state index contributed by atoms with van der Waals surface area (Å²) in [7, 11) is 0. The van der Waals surface area contributed by atoms with Crippen LogP contribution in [0.1, 0.15) is 61.3 Å². The van der Waals surface area contributed by atoms with E-state index in [1.807, 2.05) is 20.8 Å². The first-order valence-corrected chi connectivity index (χ1v) is 9.00. The molecule has 1 aromatic carbocycles. The van der Waals surface area contributed by atoms with Crippen molar-refractivity contribution in [3.05, 3.63) is 35.4 Å². The summed E-state index contributed by atoms with van der Waals surface area (Å²) in [6, 6.07) is 6.66. The molecule has 0 saturated heterocycles. The van der Waals surface area contributed by atoms with Crippen molar-refractivity contribution in [2.75, 3.05) is 13.1 Å². The summed E-state index contributed by atoms with van der Waals surface area (Å²) in [4.78, 5) is 37.7. The maximum absolute atomic E-state index is 12.8. The minimum Gasteiger partial charge on any atom is -0.481 e. The van der Waals surface area contributed by atoms with Gasteiger partial charge in [-0.05, 0) is 42.5 Å². The van der Waals surface area contributed by atoms with Gasteiger partial charge in [-0.25, -0.2) is 0 Å². The van der Waals surface area contributed by atoms with Gasteiger partial charge in [0.05, 0.1) is 5.92 Å². The number of aliphatic carboxylic acids is 1. The van der Waals surface area contributed by atoms with Gasteiger partial charge < -0.3 is 15.3 Å². The molecule has 1 atom stereocenters. The Morgan fingerprint density at radius 1 is 1.15 bits per heavy atom. The van der Waals surface area contributed by atoms with Crippen molar-refractivity contribution in [2.45, 2.75) is 46.6 Å². The standard InChI is InChI=1S/C20H28N2O4/c1-13(19(25)26)11-22(16-9-10-16)18(24)15-7-5-14(6-8-15)17(23)21-12-20(2,3)4/h5-8,13,16H,9-12H2,1-4H3,(H,21,23)(H,25,26). The largest absolute Gasteiger partial charge is 0.481 e. The molecular weight excluding hydrogens is 332 g/mol. The number of rotatable bonds is 7. The predicted molar refractivity (Wildman–Crippen MR) is 99.1 cm³/mol. The zero-order chi connectivity index (χ0) is 19.5. The highest BCUT2D eigenvalue weighted by molar-refractivity contribution is 5.98. The lowest BCUT2D eigenvalue weighted by atomic mass is 9.97. The molecule has 142 valence electrons. The summed E-state index contributed by atoms with van der Waals surface area (Å²) in [6.45, 7) is 8.49. The average Bonchev–Trinajstić information content (AvgIpc) is 3.41. The zero-order valence-electron chi connectivity index (χ0n) is 15.9. The molecule has 1 fully saturated rings. The van der Waals surface area contributed by atoms with Crippen LogP contribution in [0.15, 0.2) is 24.3 Å². The SMILES string of the molecule is CC(CN(C(=O)c1ccc(C(=O)NCC(C)(C)C)cc1)C1CC1)C(=O)O. The molecule has 1 saturated carbocycles. The fourth-order valence-electron chi connectivity index (χ4n) is 2.53. The van der Waals surface area contributed by atoms with Gasteiger partial charge in [0.25, 0.3) is 11.8 Å². The van der Waals surface area contributed by atoms with Crippen LogP contribution >= 0.6 is 0 Å². The lowest BCUT2D eigenvalue weighted by Gasteiger charge is -2.24. The molecular formula is C20H28N2O4. The first-order valence-electron chi connectivity index (χ1n) is 9.00.